The van der Waals surface area contributed by atoms with E-state index in [0.29, 0.717) is 43.5 Å². The Morgan fingerprint density at radius 2 is 1.54 bits per heavy atom. The minimum Gasteiger partial charge on any atom is -0.383 e. The number of hydrogen-bond acceptors (Lipinski definition) is 4. The standard InChI is InChI=1S/C18H28N2O4/c1-12-16(14(3)21)17(13(2)20(12)15-6-7-15)18(22)19(8-10-23-4)9-11-24-5/h15H,6-11H2,1-5H3. The van der Waals surface area contributed by atoms with Gasteiger partial charge in [-0.3, -0.25) is 9.59 Å². The maximum Gasteiger partial charge on any atom is 0.256 e. The summed E-state index contributed by atoms with van der Waals surface area (Å²) in [6.45, 7) is 7.26. The number of ether oxygens (including phenoxy) is 2. The highest BCUT2D eigenvalue weighted by Crippen LogP contribution is 2.40. The zero-order valence-electron chi connectivity index (χ0n) is 15.3. The molecule has 0 bridgehead atoms. The number of Topliss-reactive ketones (excluding diaryl/α,β-unsaturated/α-hetero) is 1. The average molecular weight is 336 g/mol. The van der Waals surface area contributed by atoms with Gasteiger partial charge in [-0.25, -0.2) is 0 Å². The molecule has 1 heterocycles. The summed E-state index contributed by atoms with van der Waals surface area (Å²) in [5, 5.41) is 0. The minimum atomic E-state index is -0.116. The summed E-state index contributed by atoms with van der Waals surface area (Å²) in [6.07, 6.45) is 2.22. The second-order valence-electron chi connectivity index (χ2n) is 6.36. The van der Waals surface area contributed by atoms with Crippen molar-refractivity contribution in [1.82, 2.24) is 9.47 Å². The molecule has 1 amide bonds. The molecule has 134 valence electrons. The SMILES string of the molecule is COCCN(CCOC)C(=O)c1c(C(C)=O)c(C)n(C2CC2)c1C. The van der Waals surface area contributed by atoms with Crippen molar-refractivity contribution < 1.29 is 19.1 Å². The van der Waals surface area contributed by atoms with Gasteiger partial charge in [0, 0.05) is 44.7 Å². The predicted molar refractivity (Wildman–Crippen MR) is 91.8 cm³/mol. The Labute approximate surface area is 143 Å². The third-order valence-corrected chi connectivity index (χ3v) is 4.59. The first kappa shape index (κ1) is 18.7. The summed E-state index contributed by atoms with van der Waals surface area (Å²) < 4.78 is 12.4. The number of hydrogen-bond donors (Lipinski definition) is 0. The fourth-order valence-corrected chi connectivity index (χ4v) is 3.30. The lowest BCUT2D eigenvalue weighted by Gasteiger charge is -2.22. The van der Waals surface area contributed by atoms with Crippen LogP contribution in [0, 0.1) is 13.8 Å². The Morgan fingerprint density at radius 1 is 1.04 bits per heavy atom. The number of ketones is 1. The normalized spacial score (nSPS) is 14.0. The molecule has 0 saturated heterocycles. The average Bonchev–Trinajstić information content (AvgIpc) is 3.32. The van der Waals surface area contributed by atoms with Gasteiger partial charge in [-0.1, -0.05) is 0 Å². The highest BCUT2D eigenvalue weighted by molar-refractivity contribution is 6.09. The zero-order chi connectivity index (χ0) is 17.9. The molecular weight excluding hydrogens is 308 g/mol. The quantitative estimate of drug-likeness (QED) is 0.650. The number of rotatable bonds is 9. The molecule has 24 heavy (non-hydrogen) atoms. The van der Waals surface area contributed by atoms with Crippen LogP contribution in [0.3, 0.4) is 0 Å². The first-order valence-corrected chi connectivity index (χ1v) is 8.43. The van der Waals surface area contributed by atoms with Crippen molar-refractivity contribution in [3.05, 3.63) is 22.5 Å². The van der Waals surface area contributed by atoms with Gasteiger partial charge < -0.3 is 18.9 Å². The van der Waals surface area contributed by atoms with Crippen molar-refractivity contribution in [1.29, 1.82) is 0 Å². The maximum atomic E-state index is 13.2. The van der Waals surface area contributed by atoms with E-state index in [1.807, 2.05) is 13.8 Å². The van der Waals surface area contributed by atoms with Crippen molar-refractivity contribution in [3.63, 3.8) is 0 Å². The highest BCUT2D eigenvalue weighted by atomic mass is 16.5. The van der Waals surface area contributed by atoms with Crippen LogP contribution in [0.5, 0.6) is 0 Å². The number of methoxy groups -OCH3 is 2. The molecule has 0 atom stereocenters. The Kier molecular flexibility index (Phi) is 6.18. The summed E-state index contributed by atoms with van der Waals surface area (Å²) >= 11 is 0. The van der Waals surface area contributed by atoms with Gasteiger partial charge in [-0.2, -0.15) is 0 Å². The topological polar surface area (TPSA) is 60.8 Å². The van der Waals surface area contributed by atoms with Gasteiger partial charge >= 0.3 is 0 Å². The first-order chi connectivity index (χ1) is 11.4. The molecule has 2 rings (SSSR count). The van der Waals surface area contributed by atoms with E-state index >= 15 is 0 Å². The van der Waals surface area contributed by atoms with E-state index in [1.54, 1.807) is 19.1 Å². The number of nitrogens with zero attached hydrogens (tertiary/aromatic N) is 2. The Hall–Kier alpha value is -1.66. The molecule has 0 aromatic carbocycles. The second-order valence-corrected chi connectivity index (χ2v) is 6.36. The van der Waals surface area contributed by atoms with Crippen LogP contribution in [0.2, 0.25) is 0 Å². The van der Waals surface area contributed by atoms with E-state index in [-0.39, 0.29) is 11.7 Å². The molecule has 0 aliphatic heterocycles. The molecule has 1 aromatic heterocycles. The number of amides is 1. The lowest BCUT2D eigenvalue weighted by Crippen LogP contribution is -2.37. The second kappa shape index (κ2) is 7.94. The van der Waals surface area contributed by atoms with E-state index < -0.39 is 0 Å². The van der Waals surface area contributed by atoms with Crippen molar-refractivity contribution in [2.45, 2.75) is 39.7 Å². The van der Waals surface area contributed by atoms with Gasteiger partial charge in [0.15, 0.2) is 5.78 Å². The van der Waals surface area contributed by atoms with Gasteiger partial charge in [0.25, 0.3) is 5.91 Å². The molecule has 0 unspecified atom stereocenters. The van der Waals surface area contributed by atoms with Crippen LogP contribution in [0.25, 0.3) is 0 Å². The fourth-order valence-electron chi connectivity index (χ4n) is 3.30. The van der Waals surface area contributed by atoms with Gasteiger partial charge in [0.2, 0.25) is 0 Å². The number of carbonyl (C=O) groups excluding carboxylic acids is 2. The summed E-state index contributed by atoms with van der Waals surface area (Å²) in [5.74, 6) is -0.175. The largest absolute Gasteiger partial charge is 0.383 e. The van der Waals surface area contributed by atoms with E-state index in [1.165, 1.54) is 6.92 Å². The Morgan fingerprint density at radius 3 is 1.96 bits per heavy atom. The number of carbonyl (C=O) groups is 2. The fraction of sp³-hybridized carbons (Fsp3) is 0.667. The lowest BCUT2D eigenvalue weighted by molar-refractivity contribution is 0.0624. The molecular formula is C18H28N2O4. The molecule has 1 aliphatic rings. The molecule has 0 N–H and O–H groups in total. The molecule has 0 spiro atoms. The molecule has 6 heteroatoms. The van der Waals surface area contributed by atoms with Crippen LogP contribution in [0.15, 0.2) is 0 Å². The van der Waals surface area contributed by atoms with Crippen molar-refractivity contribution in [2.24, 2.45) is 0 Å². The van der Waals surface area contributed by atoms with E-state index in [4.69, 9.17) is 9.47 Å². The van der Waals surface area contributed by atoms with E-state index in [9.17, 15) is 9.59 Å². The third-order valence-electron chi connectivity index (χ3n) is 4.59. The molecule has 1 saturated carbocycles. The first-order valence-electron chi connectivity index (χ1n) is 8.43. The molecule has 1 fully saturated rings. The molecule has 0 radical (unpaired) electrons. The molecule has 6 nitrogen and oxygen atoms in total. The third kappa shape index (κ3) is 3.70. The van der Waals surface area contributed by atoms with Gasteiger partial charge in [0.05, 0.1) is 24.3 Å². The summed E-state index contributed by atoms with van der Waals surface area (Å²) in [6, 6.07) is 0.427. The minimum absolute atomic E-state index is 0.0585. The zero-order valence-corrected chi connectivity index (χ0v) is 15.3. The maximum absolute atomic E-state index is 13.2. The van der Waals surface area contributed by atoms with Gasteiger partial charge in [0.1, 0.15) is 0 Å². The summed E-state index contributed by atoms with van der Waals surface area (Å²) in [5.41, 5.74) is 2.90. The van der Waals surface area contributed by atoms with Crippen LogP contribution >= 0.6 is 0 Å². The van der Waals surface area contributed by atoms with Crippen LogP contribution in [0.4, 0.5) is 0 Å². The van der Waals surface area contributed by atoms with Crippen LogP contribution in [-0.2, 0) is 9.47 Å². The van der Waals surface area contributed by atoms with Crippen LogP contribution in [0.1, 0.15) is 57.9 Å². The van der Waals surface area contributed by atoms with Gasteiger partial charge in [-0.15, -0.1) is 0 Å². The smallest absolute Gasteiger partial charge is 0.256 e. The lowest BCUT2D eigenvalue weighted by atomic mass is 10.0. The Balaban J connectivity index is 2.41. The van der Waals surface area contributed by atoms with E-state index in [2.05, 4.69) is 4.57 Å². The van der Waals surface area contributed by atoms with Gasteiger partial charge in [-0.05, 0) is 33.6 Å². The van der Waals surface area contributed by atoms with Crippen molar-refractivity contribution in [2.75, 3.05) is 40.5 Å². The van der Waals surface area contributed by atoms with E-state index in [0.717, 1.165) is 24.2 Å². The number of aromatic nitrogens is 1. The van der Waals surface area contributed by atoms with Crippen LogP contribution in [-0.4, -0.2) is 61.7 Å². The van der Waals surface area contributed by atoms with Crippen molar-refractivity contribution in [3.8, 4) is 0 Å². The predicted octanol–water partition coefficient (Wildman–Crippen LogP) is 2.38. The van der Waals surface area contributed by atoms with Crippen LogP contribution < -0.4 is 0 Å². The monoisotopic (exact) mass is 336 g/mol. The Bertz CT molecular complexity index is 609. The molecule has 1 aromatic rings. The van der Waals surface area contributed by atoms with Crippen molar-refractivity contribution >= 4 is 11.7 Å². The highest BCUT2D eigenvalue weighted by Gasteiger charge is 2.34. The summed E-state index contributed by atoms with van der Waals surface area (Å²) in [7, 11) is 3.22. The molecule has 1 aliphatic carbocycles. The summed E-state index contributed by atoms with van der Waals surface area (Å²) in [4.78, 5) is 27.1.